The van der Waals surface area contributed by atoms with Crippen molar-refractivity contribution in [2.24, 2.45) is 5.92 Å². The van der Waals surface area contributed by atoms with Crippen LogP contribution in [0.2, 0.25) is 0 Å². The molecule has 1 heterocycles. The van der Waals surface area contributed by atoms with Crippen molar-refractivity contribution in [3.63, 3.8) is 0 Å². The summed E-state index contributed by atoms with van der Waals surface area (Å²) in [4.78, 5) is 16.0. The zero-order chi connectivity index (χ0) is 20.1. The fourth-order valence-corrected chi connectivity index (χ4v) is 3.07. The highest BCUT2D eigenvalue weighted by Gasteiger charge is 2.14. The predicted molar refractivity (Wildman–Crippen MR) is 108 cm³/mol. The van der Waals surface area contributed by atoms with Gasteiger partial charge in [-0.25, -0.2) is 9.48 Å². The Kier molecular flexibility index (Phi) is 6.09. The summed E-state index contributed by atoms with van der Waals surface area (Å²) in [6.45, 7) is 7.32. The van der Waals surface area contributed by atoms with Crippen LogP contribution in [0.5, 0.6) is 6.01 Å². The maximum Gasteiger partial charge on any atom is 0.336 e. The first kappa shape index (κ1) is 19.6. The lowest BCUT2D eigenvalue weighted by atomic mass is 9.99. The first-order valence-corrected chi connectivity index (χ1v) is 9.46. The lowest BCUT2D eigenvalue weighted by molar-refractivity contribution is 0.0697. The average molecular weight is 379 g/mol. The minimum Gasteiger partial charge on any atom is -0.478 e. The van der Waals surface area contributed by atoms with Gasteiger partial charge in [0.1, 0.15) is 5.82 Å². The highest BCUT2D eigenvalue weighted by atomic mass is 16.5. The molecule has 6 heteroatoms. The standard InChI is InChI=1S/C22H25N3O3/c1-4-28-22-23-20(13-15(2)3)25(24-22)14-16-9-11-17(12-10-16)18-7-5-6-8-19(18)21(26)27/h5-12,15H,4,13-14H2,1-3H3,(H,26,27). The lowest BCUT2D eigenvalue weighted by Gasteiger charge is -2.09. The second-order valence-electron chi connectivity index (χ2n) is 7.05. The zero-order valence-electron chi connectivity index (χ0n) is 16.4. The highest BCUT2D eigenvalue weighted by Crippen LogP contribution is 2.24. The van der Waals surface area contributed by atoms with Crippen molar-refractivity contribution in [3.8, 4) is 17.1 Å². The van der Waals surface area contributed by atoms with Crippen LogP contribution >= 0.6 is 0 Å². The van der Waals surface area contributed by atoms with Gasteiger partial charge in [0, 0.05) is 6.42 Å². The topological polar surface area (TPSA) is 77.2 Å². The second-order valence-corrected chi connectivity index (χ2v) is 7.05. The van der Waals surface area contributed by atoms with Crippen molar-refractivity contribution in [2.45, 2.75) is 33.7 Å². The van der Waals surface area contributed by atoms with Gasteiger partial charge >= 0.3 is 12.0 Å². The fourth-order valence-electron chi connectivity index (χ4n) is 3.07. The number of ether oxygens (including phenoxy) is 1. The van der Waals surface area contributed by atoms with E-state index in [2.05, 4.69) is 23.9 Å². The van der Waals surface area contributed by atoms with Crippen molar-refractivity contribution in [3.05, 3.63) is 65.5 Å². The number of aromatic carboxylic acids is 1. The van der Waals surface area contributed by atoms with Gasteiger partial charge in [-0.1, -0.05) is 56.3 Å². The smallest absolute Gasteiger partial charge is 0.336 e. The number of nitrogens with zero attached hydrogens (tertiary/aromatic N) is 3. The molecule has 0 unspecified atom stereocenters. The Morgan fingerprint density at radius 1 is 1.14 bits per heavy atom. The molecule has 0 radical (unpaired) electrons. The molecule has 1 aromatic heterocycles. The molecule has 0 atom stereocenters. The molecular formula is C22H25N3O3. The third-order valence-electron chi connectivity index (χ3n) is 4.35. The van der Waals surface area contributed by atoms with Gasteiger partial charge in [0.2, 0.25) is 0 Å². The highest BCUT2D eigenvalue weighted by molar-refractivity contribution is 5.95. The number of hydrogen-bond donors (Lipinski definition) is 1. The zero-order valence-corrected chi connectivity index (χ0v) is 16.4. The molecule has 0 aliphatic carbocycles. The van der Waals surface area contributed by atoms with Crippen LogP contribution in [-0.2, 0) is 13.0 Å². The van der Waals surface area contributed by atoms with Gasteiger partial charge in [-0.3, -0.25) is 0 Å². The minimum atomic E-state index is -0.927. The van der Waals surface area contributed by atoms with Gasteiger partial charge in [-0.05, 0) is 35.6 Å². The molecule has 28 heavy (non-hydrogen) atoms. The van der Waals surface area contributed by atoms with Crippen LogP contribution in [0.15, 0.2) is 48.5 Å². The summed E-state index contributed by atoms with van der Waals surface area (Å²) in [7, 11) is 0. The molecule has 0 bridgehead atoms. The maximum absolute atomic E-state index is 11.5. The van der Waals surface area contributed by atoms with Crippen molar-refractivity contribution < 1.29 is 14.6 Å². The summed E-state index contributed by atoms with van der Waals surface area (Å²) >= 11 is 0. The normalized spacial score (nSPS) is 11.0. The summed E-state index contributed by atoms with van der Waals surface area (Å²) in [6, 6.07) is 15.3. The van der Waals surface area contributed by atoms with E-state index in [-0.39, 0.29) is 0 Å². The van der Waals surface area contributed by atoms with Gasteiger partial charge in [0.15, 0.2) is 0 Å². The van der Waals surface area contributed by atoms with E-state index in [1.165, 1.54) is 0 Å². The molecule has 2 aromatic carbocycles. The van der Waals surface area contributed by atoms with Gasteiger partial charge in [-0.2, -0.15) is 4.98 Å². The monoisotopic (exact) mass is 379 g/mol. The summed E-state index contributed by atoms with van der Waals surface area (Å²) < 4.78 is 7.34. The molecule has 146 valence electrons. The van der Waals surface area contributed by atoms with Crippen LogP contribution in [0.25, 0.3) is 11.1 Å². The van der Waals surface area contributed by atoms with Crippen molar-refractivity contribution in [1.82, 2.24) is 14.8 Å². The largest absolute Gasteiger partial charge is 0.478 e. The summed E-state index contributed by atoms with van der Waals surface area (Å²) in [5, 5.41) is 13.9. The van der Waals surface area contributed by atoms with Crippen molar-refractivity contribution in [2.75, 3.05) is 6.61 Å². The average Bonchev–Trinajstić information content (AvgIpc) is 3.03. The SMILES string of the molecule is CCOc1nc(CC(C)C)n(Cc2ccc(-c3ccccc3C(=O)O)cc2)n1. The molecule has 3 rings (SSSR count). The number of hydrogen-bond acceptors (Lipinski definition) is 4. The summed E-state index contributed by atoms with van der Waals surface area (Å²) in [5.74, 6) is 0.440. The van der Waals surface area contributed by atoms with Crippen molar-refractivity contribution >= 4 is 5.97 Å². The molecule has 3 aromatic rings. The first-order valence-electron chi connectivity index (χ1n) is 9.46. The molecule has 1 N–H and O–H groups in total. The van der Waals surface area contributed by atoms with Gasteiger partial charge in [0.05, 0.1) is 18.7 Å². The maximum atomic E-state index is 11.5. The molecule has 0 fully saturated rings. The Labute approximate surface area is 164 Å². The second kappa shape index (κ2) is 8.69. The number of aromatic nitrogens is 3. The molecule has 0 aliphatic heterocycles. The van der Waals surface area contributed by atoms with Crippen LogP contribution in [0.1, 0.15) is 42.5 Å². The molecule has 0 saturated heterocycles. The van der Waals surface area contributed by atoms with Crippen LogP contribution < -0.4 is 4.74 Å². The van der Waals surface area contributed by atoms with E-state index in [1.54, 1.807) is 12.1 Å². The van der Waals surface area contributed by atoms with Crippen LogP contribution in [0.3, 0.4) is 0 Å². The van der Waals surface area contributed by atoms with Crippen molar-refractivity contribution in [1.29, 1.82) is 0 Å². The van der Waals surface area contributed by atoms with E-state index in [0.717, 1.165) is 23.4 Å². The van der Waals surface area contributed by atoms with Gasteiger partial charge < -0.3 is 9.84 Å². The predicted octanol–water partition coefficient (Wildman–Crippen LogP) is 4.29. The molecular weight excluding hydrogens is 354 g/mol. The number of carboxylic acids is 1. The minimum absolute atomic E-state index is 0.298. The van der Waals surface area contributed by atoms with E-state index in [4.69, 9.17) is 4.74 Å². The van der Waals surface area contributed by atoms with E-state index in [1.807, 2.05) is 48.0 Å². The third-order valence-corrected chi connectivity index (χ3v) is 4.35. The van der Waals surface area contributed by atoms with E-state index < -0.39 is 5.97 Å². The van der Waals surface area contributed by atoms with E-state index >= 15 is 0 Å². The Bertz CT molecular complexity index is 946. The van der Waals surface area contributed by atoms with Gasteiger partial charge in [-0.15, -0.1) is 5.10 Å². The Morgan fingerprint density at radius 3 is 2.50 bits per heavy atom. The number of rotatable bonds is 8. The first-order chi connectivity index (χ1) is 13.5. The van der Waals surface area contributed by atoms with Gasteiger partial charge in [0.25, 0.3) is 0 Å². The molecule has 0 saturated carbocycles. The third kappa shape index (κ3) is 4.57. The van der Waals surface area contributed by atoms with E-state index in [9.17, 15) is 9.90 Å². The molecule has 0 amide bonds. The number of carboxylic acid groups (broad SMARTS) is 1. The fraction of sp³-hybridized carbons (Fsp3) is 0.318. The van der Waals surface area contributed by atoms with Crippen LogP contribution in [0, 0.1) is 5.92 Å². The lowest BCUT2D eigenvalue weighted by Crippen LogP contribution is -2.09. The molecule has 0 spiro atoms. The van der Waals surface area contributed by atoms with Crippen LogP contribution in [-0.4, -0.2) is 32.4 Å². The number of benzene rings is 2. The summed E-state index contributed by atoms with van der Waals surface area (Å²) in [5.41, 5.74) is 2.95. The van der Waals surface area contributed by atoms with E-state index in [0.29, 0.717) is 36.2 Å². The molecule has 0 aliphatic rings. The summed E-state index contributed by atoms with van der Waals surface area (Å²) in [6.07, 6.45) is 0.824. The Balaban J connectivity index is 1.84. The number of carbonyl (C=O) groups is 1. The Morgan fingerprint density at radius 2 is 1.86 bits per heavy atom. The molecule has 6 nitrogen and oxygen atoms in total. The quantitative estimate of drug-likeness (QED) is 0.632. The van der Waals surface area contributed by atoms with Crippen LogP contribution in [0.4, 0.5) is 0 Å². The Hall–Kier alpha value is -3.15.